The van der Waals surface area contributed by atoms with Crippen LogP contribution in [0.1, 0.15) is 72.5 Å². The zero-order chi connectivity index (χ0) is 20.6. The van der Waals surface area contributed by atoms with Crippen LogP contribution in [-0.4, -0.2) is 46.9 Å². The molecule has 0 radical (unpaired) electrons. The van der Waals surface area contributed by atoms with Gasteiger partial charge < -0.3 is 14.6 Å². The zero-order valence-corrected chi connectivity index (χ0v) is 18.3. The molecule has 2 aliphatic heterocycles. The number of piperidine rings is 1. The molecular weight excluding hydrogens is 354 g/mol. The molecule has 158 valence electrons. The number of benzene rings is 1. The van der Waals surface area contributed by atoms with E-state index in [9.17, 15) is 5.11 Å². The monoisotopic (exact) mass is 391 g/mol. The van der Waals surface area contributed by atoms with Crippen molar-refractivity contribution >= 4 is 0 Å². The zero-order valence-electron chi connectivity index (χ0n) is 18.3. The predicted molar refractivity (Wildman–Crippen MR) is 110 cm³/mol. The van der Waals surface area contributed by atoms with Gasteiger partial charge in [-0.05, 0) is 46.6 Å². The molecule has 0 aromatic heterocycles. The Morgan fingerprint density at radius 3 is 2.04 bits per heavy atom. The summed E-state index contributed by atoms with van der Waals surface area (Å²) in [5.74, 6) is -0.628. The highest BCUT2D eigenvalue weighted by molar-refractivity contribution is 5.17. The third-order valence-electron chi connectivity index (χ3n) is 6.40. The number of hydrogen-bond acceptors (Lipinski definition) is 5. The van der Waals surface area contributed by atoms with Gasteiger partial charge in [0.05, 0.1) is 19.8 Å². The molecule has 1 aromatic carbocycles. The van der Waals surface area contributed by atoms with E-state index >= 15 is 0 Å². The lowest BCUT2D eigenvalue weighted by Gasteiger charge is -2.59. The summed E-state index contributed by atoms with van der Waals surface area (Å²) in [6, 6.07) is 10.3. The average Bonchev–Trinajstić information content (AvgIpc) is 2.66. The summed E-state index contributed by atoms with van der Waals surface area (Å²) in [5, 5.41) is 11.9. The first-order chi connectivity index (χ1) is 13.1. The number of rotatable bonds is 5. The minimum atomic E-state index is -0.628. The summed E-state index contributed by atoms with van der Waals surface area (Å²) >= 11 is 0. The first-order valence-corrected chi connectivity index (χ1v) is 10.5. The van der Waals surface area contributed by atoms with Crippen LogP contribution in [0.3, 0.4) is 0 Å². The SMILES string of the molecule is CCC1(CO)COC2(CC(C)(C)N(OC(C)c3ccccc3)C(C)(C)C2)OC1. The molecule has 28 heavy (non-hydrogen) atoms. The molecule has 0 bridgehead atoms. The number of aliphatic hydroxyl groups excluding tert-OH is 1. The molecule has 1 unspecified atom stereocenters. The second kappa shape index (κ2) is 7.69. The summed E-state index contributed by atoms with van der Waals surface area (Å²) in [6.45, 7) is 14.1. The average molecular weight is 392 g/mol. The van der Waals surface area contributed by atoms with E-state index < -0.39 is 5.79 Å². The summed E-state index contributed by atoms with van der Waals surface area (Å²) in [6.07, 6.45) is 2.24. The van der Waals surface area contributed by atoms with Crippen molar-refractivity contribution < 1.29 is 19.4 Å². The van der Waals surface area contributed by atoms with Crippen LogP contribution in [0.5, 0.6) is 0 Å². The van der Waals surface area contributed by atoms with E-state index in [0.29, 0.717) is 13.2 Å². The molecule has 2 heterocycles. The van der Waals surface area contributed by atoms with E-state index in [-0.39, 0.29) is 29.2 Å². The normalized spacial score (nSPS) is 26.8. The molecule has 1 N–H and O–H groups in total. The van der Waals surface area contributed by atoms with Gasteiger partial charge in [0.2, 0.25) is 0 Å². The third kappa shape index (κ3) is 4.14. The maximum Gasteiger partial charge on any atom is 0.171 e. The van der Waals surface area contributed by atoms with Gasteiger partial charge >= 0.3 is 0 Å². The van der Waals surface area contributed by atoms with Crippen molar-refractivity contribution in [3.63, 3.8) is 0 Å². The van der Waals surface area contributed by atoms with Gasteiger partial charge in [0, 0.05) is 29.3 Å². The highest BCUT2D eigenvalue weighted by Gasteiger charge is 2.57. The van der Waals surface area contributed by atoms with Crippen molar-refractivity contribution in [2.45, 2.75) is 83.8 Å². The van der Waals surface area contributed by atoms with Crippen molar-refractivity contribution in [1.82, 2.24) is 5.06 Å². The van der Waals surface area contributed by atoms with E-state index in [1.165, 1.54) is 0 Å². The van der Waals surface area contributed by atoms with E-state index in [0.717, 1.165) is 24.8 Å². The van der Waals surface area contributed by atoms with Gasteiger partial charge in [-0.25, -0.2) is 0 Å². The first kappa shape index (κ1) is 21.7. The second-order valence-electron chi connectivity index (χ2n) is 9.93. The third-order valence-corrected chi connectivity index (χ3v) is 6.40. The lowest BCUT2D eigenvalue weighted by Crippen LogP contribution is -2.68. The maximum atomic E-state index is 9.79. The van der Waals surface area contributed by atoms with Crippen molar-refractivity contribution in [2.24, 2.45) is 5.41 Å². The molecule has 3 rings (SSSR count). The molecular formula is C23H37NO4. The minimum absolute atomic E-state index is 0.0378. The molecule has 2 aliphatic rings. The van der Waals surface area contributed by atoms with Crippen LogP contribution >= 0.6 is 0 Å². The van der Waals surface area contributed by atoms with Crippen LogP contribution in [0.15, 0.2) is 30.3 Å². The number of hydrogen-bond donors (Lipinski definition) is 1. The highest BCUT2D eigenvalue weighted by Crippen LogP contribution is 2.49. The highest BCUT2D eigenvalue weighted by atomic mass is 16.7. The Balaban J connectivity index is 1.77. The van der Waals surface area contributed by atoms with Crippen LogP contribution in [-0.2, 0) is 14.3 Å². The van der Waals surface area contributed by atoms with E-state index in [1.54, 1.807) is 0 Å². The fourth-order valence-corrected chi connectivity index (χ4v) is 4.84. The smallest absolute Gasteiger partial charge is 0.171 e. The number of ether oxygens (including phenoxy) is 2. The minimum Gasteiger partial charge on any atom is -0.396 e. The molecule has 5 heteroatoms. The molecule has 2 fully saturated rings. The first-order valence-electron chi connectivity index (χ1n) is 10.5. The summed E-state index contributed by atoms with van der Waals surface area (Å²) in [5.41, 5.74) is 0.344. The van der Waals surface area contributed by atoms with Crippen LogP contribution in [0.25, 0.3) is 0 Å². The van der Waals surface area contributed by atoms with Crippen LogP contribution in [0, 0.1) is 5.41 Å². The summed E-state index contributed by atoms with van der Waals surface area (Å²) in [7, 11) is 0. The van der Waals surface area contributed by atoms with Crippen molar-refractivity contribution in [3.8, 4) is 0 Å². The van der Waals surface area contributed by atoms with Crippen molar-refractivity contribution in [1.29, 1.82) is 0 Å². The Labute approximate surface area is 169 Å². The molecule has 1 atom stereocenters. The van der Waals surface area contributed by atoms with Gasteiger partial charge in [-0.1, -0.05) is 37.3 Å². The Morgan fingerprint density at radius 1 is 1.04 bits per heavy atom. The van der Waals surface area contributed by atoms with E-state index in [1.807, 2.05) is 18.2 Å². The Hall–Kier alpha value is -0.980. The number of nitrogens with zero attached hydrogens (tertiary/aromatic N) is 1. The van der Waals surface area contributed by atoms with Gasteiger partial charge in [0.15, 0.2) is 5.79 Å². The topological polar surface area (TPSA) is 51.2 Å². The number of hydroxylamine groups is 2. The maximum absolute atomic E-state index is 9.79. The molecule has 2 saturated heterocycles. The van der Waals surface area contributed by atoms with Gasteiger partial charge in [-0.15, -0.1) is 0 Å². The fraction of sp³-hybridized carbons (Fsp3) is 0.739. The Morgan fingerprint density at radius 2 is 1.57 bits per heavy atom. The molecule has 1 aromatic rings. The van der Waals surface area contributed by atoms with Gasteiger partial charge in [0.25, 0.3) is 0 Å². The summed E-state index contributed by atoms with van der Waals surface area (Å²) < 4.78 is 12.7. The van der Waals surface area contributed by atoms with Gasteiger partial charge in [-0.3, -0.25) is 4.84 Å². The van der Waals surface area contributed by atoms with Crippen molar-refractivity contribution in [3.05, 3.63) is 35.9 Å². The Kier molecular flexibility index (Phi) is 5.97. The second-order valence-corrected chi connectivity index (χ2v) is 9.93. The van der Waals surface area contributed by atoms with E-state index in [4.69, 9.17) is 14.3 Å². The lowest BCUT2D eigenvalue weighted by atomic mass is 9.76. The molecule has 0 amide bonds. The molecule has 5 nitrogen and oxygen atoms in total. The van der Waals surface area contributed by atoms with Crippen LogP contribution in [0.4, 0.5) is 0 Å². The van der Waals surface area contributed by atoms with Crippen LogP contribution in [0.2, 0.25) is 0 Å². The van der Waals surface area contributed by atoms with Gasteiger partial charge in [0.1, 0.15) is 6.10 Å². The largest absolute Gasteiger partial charge is 0.396 e. The standard InChI is InChI=1S/C23H37NO4/c1-7-22(15-25)16-26-23(27-17-22)13-20(3,4)24(21(5,6)14-23)28-18(2)19-11-9-8-10-12-19/h8-12,18,25H,7,13-17H2,1-6H3. The number of aliphatic hydroxyl groups is 1. The van der Waals surface area contributed by atoms with E-state index in [2.05, 4.69) is 58.7 Å². The molecule has 0 aliphatic carbocycles. The fourth-order valence-electron chi connectivity index (χ4n) is 4.84. The lowest BCUT2D eigenvalue weighted by molar-refractivity contribution is -0.391. The quantitative estimate of drug-likeness (QED) is 0.803. The van der Waals surface area contributed by atoms with Crippen LogP contribution < -0.4 is 0 Å². The molecule has 0 saturated carbocycles. The predicted octanol–water partition coefficient (Wildman–Crippen LogP) is 4.46. The Bertz CT molecular complexity index is 624. The summed E-state index contributed by atoms with van der Waals surface area (Å²) in [4.78, 5) is 6.51. The van der Waals surface area contributed by atoms with Gasteiger partial charge in [-0.2, -0.15) is 5.06 Å². The molecule has 1 spiro atoms. The van der Waals surface area contributed by atoms with Crippen molar-refractivity contribution in [2.75, 3.05) is 19.8 Å².